The van der Waals surface area contributed by atoms with Crippen molar-refractivity contribution in [1.82, 2.24) is 5.32 Å². The molecule has 1 aliphatic carbocycles. The van der Waals surface area contributed by atoms with E-state index in [1.807, 2.05) is 0 Å². The monoisotopic (exact) mass is 479 g/mol. The highest BCUT2D eigenvalue weighted by atomic mass is 19.4. The molecule has 2 aromatic carbocycles. The van der Waals surface area contributed by atoms with Gasteiger partial charge in [-0.3, -0.25) is 4.79 Å². The fraction of sp³-hybridized carbons (Fsp3) is 0.500. The van der Waals surface area contributed by atoms with Crippen LogP contribution in [0.25, 0.3) is 0 Å². The summed E-state index contributed by atoms with van der Waals surface area (Å²) in [6, 6.07) is 10.4. The van der Waals surface area contributed by atoms with E-state index in [9.17, 15) is 18.0 Å². The van der Waals surface area contributed by atoms with Crippen molar-refractivity contribution in [2.45, 2.75) is 51.3 Å². The van der Waals surface area contributed by atoms with Crippen molar-refractivity contribution in [1.29, 1.82) is 0 Å². The highest BCUT2D eigenvalue weighted by Crippen LogP contribution is 2.39. The Bertz CT molecular complexity index is 955. The second-order valence-corrected chi connectivity index (χ2v) is 8.82. The van der Waals surface area contributed by atoms with Crippen molar-refractivity contribution < 1.29 is 32.5 Å². The molecule has 0 spiro atoms. The first-order valence-corrected chi connectivity index (χ1v) is 11.6. The Balaban J connectivity index is 1.69. The number of carbonyl (C=O) groups excluding carboxylic acids is 1. The van der Waals surface area contributed by atoms with Crippen molar-refractivity contribution in [2.75, 3.05) is 20.3 Å². The minimum atomic E-state index is -4.68. The van der Waals surface area contributed by atoms with Crippen LogP contribution >= 0.6 is 0 Å². The number of hydrogen-bond acceptors (Lipinski definition) is 4. The highest BCUT2D eigenvalue weighted by molar-refractivity contribution is 5.94. The first-order valence-electron chi connectivity index (χ1n) is 11.6. The second-order valence-electron chi connectivity index (χ2n) is 8.82. The van der Waals surface area contributed by atoms with Crippen LogP contribution in [0.4, 0.5) is 13.2 Å². The Labute approximate surface area is 198 Å². The number of rotatable bonds is 9. The molecule has 186 valence electrons. The summed E-state index contributed by atoms with van der Waals surface area (Å²) in [5.41, 5.74) is -0.432. The van der Waals surface area contributed by atoms with Gasteiger partial charge in [-0.05, 0) is 62.3 Å². The molecule has 0 radical (unpaired) electrons. The molecule has 0 saturated heterocycles. The number of aliphatic hydroxyl groups excluding tert-OH is 1. The first kappa shape index (κ1) is 25.9. The molecule has 0 aliphatic heterocycles. The smallest absolute Gasteiger partial charge is 0.419 e. The number of aliphatic hydroxyl groups is 1. The van der Waals surface area contributed by atoms with Crippen LogP contribution < -0.4 is 14.8 Å². The fourth-order valence-corrected chi connectivity index (χ4v) is 4.50. The summed E-state index contributed by atoms with van der Waals surface area (Å²) in [5, 5.41) is 11.8. The molecular formula is C26H32F3NO4. The summed E-state index contributed by atoms with van der Waals surface area (Å²) < 4.78 is 52.4. The Hall–Kier alpha value is -2.74. The van der Waals surface area contributed by atoms with Crippen molar-refractivity contribution in [2.24, 2.45) is 11.8 Å². The van der Waals surface area contributed by atoms with Crippen molar-refractivity contribution in [3.63, 3.8) is 0 Å². The largest absolute Gasteiger partial charge is 0.496 e. The summed E-state index contributed by atoms with van der Waals surface area (Å²) in [6.45, 7) is 2.26. The third kappa shape index (κ3) is 6.65. The molecular weight excluding hydrogens is 447 g/mol. The van der Waals surface area contributed by atoms with Crippen molar-refractivity contribution in [3.05, 3.63) is 59.2 Å². The van der Waals surface area contributed by atoms with E-state index in [0.29, 0.717) is 29.7 Å². The van der Waals surface area contributed by atoms with E-state index >= 15 is 0 Å². The number of benzene rings is 2. The maximum absolute atomic E-state index is 13.8. The van der Waals surface area contributed by atoms with Gasteiger partial charge in [-0.25, -0.2) is 0 Å². The highest BCUT2D eigenvalue weighted by Gasteiger charge is 2.36. The number of amides is 1. The lowest BCUT2D eigenvalue weighted by Crippen LogP contribution is -2.31. The van der Waals surface area contributed by atoms with E-state index in [2.05, 4.69) is 5.32 Å². The number of carbonyl (C=O) groups is 1. The van der Waals surface area contributed by atoms with Crippen LogP contribution in [-0.2, 0) is 6.18 Å². The Kier molecular flexibility index (Phi) is 8.83. The Morgan fingerprint density at radius 2 is 1.76 bits per heavy atom. The molecule has 1 unspecified atom stereocenters. The molecule has 2 aromatic rings. The second kappa shape index (κ2) is 11.6. The third-order valence-electron chi connectivity index (χ3n) is 6.48. The number of hydrogen-bond donors (Lipinski definition) is 2. The number of nitrogens with one attached hydrogen (secondary N) is 1. The molecule has 0 heterocycles. The van der Waals surface area contributed by atoms with Crippen molar-refractivity contribution in [3.8, 4) is 11.5 Å². The molecule has 34 heavy (non-hydrogen) atoms. The third-order valence-corrected chi connectivity index (χ3v) is 6.48. The van der Waals surface area contributed by atoms with Gasteiger partial charge in [0.25, 0.3) is 5.91 Å². The number of para-hydroxylation sites is 1. The summed E-state index contributed by atoms with van der Waals surface area (Å²) in [7, 11) is 1.49. The molecule has 0 aromatic heterocycles. The minimum Gasteiger partial charge on any atom is -0.496 e. The van der Waals surface area contributed by atoms with Gasteiger partial charge in [-0.2, -0.15) is 13.2 Å². The number of halogens is 3. The molecule has 1 aliphatic rings. The van der Waals surface area contributed by atoms with Gasteiger partial charge in [0.1, 0.15) is 17.6 Å². The van der Waals surface area contributed by atoms with Gasteiger partial charge in [-0.1, -0.05) is 31.0 Å². The van der Waals surface area contributed by atoms with Gasteiger partial charge < -0.3 is 19.9 Å². The minimum absolute atomic E-state index is 0.0569. The molecule has 2 N–H and O–H groups in total. The van der Waals surface area contributed by atoms with E-state index in [0.717, 1.165) is 38.2 Å². The Morgan fingerprint density at radius 1 is 1.09 bits per heavy atom. The van der Waals surface area contributed by atoms with Crippen LogP contribution in [0.3, 0.4) is 0 Å². The summed E-state index contributed by atoms with van der Waals surface area (Å²) >= 11 is 0. The van der Waals surface area contributed by atoms with Crippen LogP contribution in [0.5, 0.6) is 11.5 Å². The molecule has 3 rings (SSSR count). The van der Waals surface area contributed by atoms with Gasteiger partial charge in [0.05, 0.1) is 12.7 Å². The van der Waals surface area contributed by atoms with E-state index in [-0.39, 0.29) is 17.9 Å². The average Bonchev–Trinajstić information content (AvgIpc) is 2.83. The number of alkyl halides is 3. The molecule has 5 nitrogen and oxygen atoms in total. The van der Waals surface area contributed by atoms with Crippen LogP contribution in [0, 0.1) is 11.8 Å². The van der Waals surface area contributed by atoms with E-state index < -0.39 is 23.8 Å². The maximum Gasteiger partial charge on any atom is 0.419 e. The van der Waals surface area contributed by atoms with Gasteiger partial charge in [-0.15, -0.1) is 0 Å². The van der Waals surface area contributed by atoms with Crippen LogP contribution in [0.1, 0.15) is 66.6 Å². The zero-order valence-corrected chi connectivity index (χ0v) is 19.5. The SMILES string of the molecule is COc1ccccc1C(C)Oc1ccc(C(=O)NCC2CCC(CCO)CC2)cc1C(F)(F)F. The topological polar surface area (TPSA) is 67.8 Å². The summed E-state index contributed by atoms with van der Waals surface area (Å²) in [6.07, 6.45) is -0.719. The number of methoxy groups -OCH3 is 1. The van der Waals surface area contributed by atoms with Crippen LogP contribution in [0.15, 0.2) is 42.5 Å². The van der Waals surface area contributed by atoms with Crippen LogP contribution in [-0.4, -0.2) is 31.3 Å². The first-order chi connectivity index (χ1) is 16.2. The van der Waals surface area contributed by atoms with Gasteiger partial charge in [0.2, 0.25) is 0 Å². The standard InChI is InChI=1S/C26H32F3NO4/c1-17(21-5-3-4-6-23(21)33-2)34-24-12-11-20(15-22(24)26(27,28)29)25(32)30-16-19-9-7-18(8-10-19)13-14-31/h3-6,11-12,15,17-19,31H,7-10,13-14,16H2,1-2H3,(H,30,32). The van der Waals surface area contributed by atoms with Gasteiger partial charge in [0, 0.05) is 24.3 Å². The molecule has 8 heteroatoms. The average molecular weight is 480 g/mol. The molecule has 0 bridgehead atoms. The van der Waals surface area contributed by atoms with E-state index in [1.165, 1.54) is 19.2 Å². The summed E-state index contributed by atoms with van der Waals surface area (Å²) in [4.78, 5) is 12.6. The lowest BCUT2D eigenvalue weighted by Gasteiger charge is -2.28. The normalized spacial score (nSPS) is 19.4. The zero-order chi connectivity index (χ0) is 24.7. The predicted octanol–water partition coefficient (Wildman–Crippen LogP) is 5.77. The predicted molar refractivity (Wildman–Crippen MR) is 123 cm³/mol. The maximum atomic E-state index is 13.8. The zero-order valence-electron chi connectivity index (χ0n) is 19.5. The van der Waals surface area contributed by atoms with Crippen molar-refractivity contribution >= 4 is 5.91 Å². The Morgan fingerprint density at radius 3 is 2.41 bits per heavy atom. The van der Waals surface area contributed by atoms with Gasteiger partial charge >= 0.3 is 6.18 Å². The molecule has 1 amide bonds. The van der Waals surface area contributed by atoms with E-state index in [1.54, 1.807) is 31.2 Å². The lowest BCUT2D eigenvalue weighted by atomic mass is 9.80. The van der Waals surface area contributed by atoms with E-state index in [4.69, 9.17) is 14.6 Å². The molecule has 1 fully saturated rings. The fourth-order valence-electron chi connectivity index (χ4n) is 4.50. The van der Waals surface area contributed by atoms with Crippen LogP contribution in [0.2, 0.25) is 0 Å². The number of ether oxygens (including phenoxy) is 2. The molecule has 1 saturated carbocycles. The molecule has 1 atom stereocenters. The van der Waals surface area contributed by atoms with Gasteiger partial charge in [0.15, 0.2) is 0 Å². The summed E-state index contributed by atoms with van der Waals surface area (Å²) in [5.74, 6) is 0.448. The quantitative estimate of drug-likeness (QED) is 0.479. The lowest BCUT2D eigenvalue weighted by molar-refractivity contribution is -0.139.